The highest BCUT2D eigenvalue weighted by Crippen LogP contribution is 2.18. The molecule has 2 fully saturated rings. The van der Waals surface area contributed by atoms with Gasteiger partial charge in [-0.1, -0.05) is 43.5 Å². The molecule has 2 N–H and O–H groups in total. The maximum atomic E-state index is 13.2. The summed E-state index contributed by atoms with van der Waals surface area (Å²) in [7, 11) is 0. The van der Waals surface area contributed by atoms with E-state index in [1.165, 1.54) is 23.8 Å². The van der Waals surface area contributed by atoms with Gasteiger partial charge < -0.3 is 15.1 Å². The van der Waals surface area contributed by atoms with Gasteiger partial charge in [-0.25, -0.2) is 9.59 Å². The van der Waals surface area contributed by atoms with Crippen molar-refractivity contribution in [1.82, 2.24) is 24.7 Å². The molecular formula is C27H31N5O4. The van der Waals surface area contributed by atoms with E-state index in [1.54, 1.807) is 52.3 Å². The number of para-hydroxylation sites is 1. The molecule has 9 nitrogen and oxygen atoms in total. The van der Waals surface area contributed by atoms with Gasteiger partial charge in [0, 0.05) is 37.8 Å². The molecule has 2 heterocycles. The number of piperazine rings is 1. The van der Waals surface area contributed by atoms with Gasteiger partial charge in [0.2, 0.25) is 0 Å². The van der Waals surface area contributed by atoms with Crippen LogP contribution in [0.1, 0.15) is 48.0 Å². The minimum absolute atomic E-state index is 0.0328. The SMILES string of the molecule is O=C(NC1CCCCC1)N1CCN(C(=O)c2cccc(Cn3c(=O)[nH]c(=O)c4ccccc43)c2)CC1. The van der Waals surface area contributed by atoms with E-state index in [0.29, 0.717) is 42.6 Å². The van der Waals surface area contributed by atoms with Crippen molar-refractivity contribution in [3.8, 4) is 0 Å². The van der Waals surface area contributed by atoms with Gasteiger partial charge in [0.05, 0.1) is 17.4 Å². The number of urea groups is 1. The van der Waals surface area contributed by atoms with E-state index in [9.17, 15) is 19.2 Å². The summed E-state index contributed by atoms with van der Waals surface area (Å²) in [6.45, 7) is 2.19. The average Bonchev–Trinajstić information content (AvgIpc) is 2.91. The van der Waals surface area contributed by atoms with Crippen molar-refractivity contribution in [2.45, 2.75) is 44.7 Å². The zero-order valence-electron chi connectivity index (χ0n) is 20.2. The molecule has 5 rings (SSSR count). The maximum absolute atomic E-state index is 13.2. The molecule has 0 radical (unpaired) electrons. The van der Waals surface area contributed by atoms with E-state index in [1.807, 2.05) is 6.07 Å². The molecule has 36 heavy (non-hydrogen) atoms. The van der Waals surface area contributed by atoms with Gasteiger partial charge in [-0.3, -0.25) is 19.1 Å². The smallest absolute Gasteiger partial charge is 0.329 e. The second-order valence-electron chi connectivity index (χ2n) is 9.63. The van der Waals surface area contributed by atoms with Crippen LogP contribution in [0.5, 0.6) is 0 Å². The monoisotopic (exact) mass is 489 g/mol. The Balaban J connectivity index is 1.24. The van der Waals surface area contributed by atoms with E-state index in [-0.39, 0.29) is 24.5 Å². The van der Waals surface area contributed by atoms with Gasteiger partial charge in [0.15, 0.2) is 0 Å². The fourth-order valence-electron chi connectivity index (χ4n) is 5.19. The second kappa shape index (κ2) is 10.4. The molecule has 0 atom stereocenters. The lowest BCUT2D eigenvalue weighted by Crippen LogP contribution is -2.54. The third kappa shape index (κ3) is 5.05. The van der Waals surface area contributed by atoms with Crippen molar-refractivity contribution >= 4 is 22.8 Å². The van der Waals surface area contributed by atoms with Gasteiger partial charge in [0.1, 0.15) is 0 Å². The fourth-order valence-corrected chi connectivity index (χ4v) is 5.19. The number of hydrogen-bond donors (Lipinski definition) is 2. The first-order valence-electron chi connectivity index (χ1n) is 12.6. The van der Waals surface area contributed by atoms with Crippen LogP contribution in [0.4, 0.5) is 4.79 Å². The Bertz CT molecular complexity index is 1380. The van der Waals surface area contributed by atoms with Gasteiger partial charge in [-0.2, -0.15) is 0 Å². The lowest BCUT2D eigenvalue weighted by molar-refractivity contribution is 0.0662. The second-order valence-corrected chi connectivity index (χ2v) is 9.63. The quantitative estimate of drug-likeness (QED) is 0.587. The Hall–Kier alpha value is -3.88. The van der Waals surface area contributed by atoms with Crippen LogP contribution in [0.3, 0.4) is 0 Å². The highest BCUT2D eigenvalue weighted by molar-refractivity contribution is 5.94. The van der Waals surface area contributed by atoms with Gasteiger partial charge in [0.25, 0.3) is 11.5 Å². The van der Waals surface area contributed by atoms with Gasteiger partial charge in [-0.15, -0.1) is 0 Å². The number of H-pyrrole nitrogens is 1. The van der Waals surface area contributed by atoms with Crippen molar-refractivity contribution in [2.24, 2.45) is 0 Å². The molecular weight excluding hydrogens is 458 g/mol. The van der Waals surface area contributed by atoms with Crippen molar-refractivity contribution in [3.63, 3.8) is 0 Å². The number of amides is 3. The number of aromatic nitrogens is 2. The molecule has 1 saturated carbocycles. The van der Waals surface area contributed by atoms with Crippen LogP contribution >= 0.6 is 0 Å². The summed E-state index contributed by atoms with van der Waals surface area (Å²) in [6, 6.07) is 14.4. The summed E-state index contributed by atoms with van der Waals surface area (Å²) in [5, 5.41) is 3.59. The molecule has 1 aliphatic carbocycles. The summed E-state index contributed by atoms with van der Waals surface area (Å²) in [4.78, 5) is 56.5. The number of benzene rings is 2. The lowest BCUT2D eigenvalue weighted by Gasteiger charge is -2.36. The van der Waals surface area contributed by atoms with Crippen molar-refractivity contribution in [3.05, 3.63) is 80.5 Å². The number of fused-ring (bicyclic) bond motifs is 1. The predicted molar refractivity (Wildman–Crippen MR) is 137 cm³/mol. The number of carbonyl (C=O) groups is 2. The minimum atomic E-state index is -0.488. The summed E-state index contributed by atoms with van der Waals surface area (Å²) >= 11 is 0. The predicted octanol–water partition coefficient (Wildman–Crippen LogP) is 2.54. The van der Waals surface area contributed by atoms with Crippen LogP contribution in [0.25, 0.3) is 10.9 Å². The Labute approximate surface area is 208 Å². The zero-order valence-corrected chi connectivity index (χ0v) is 20.2. The van der Waals surface area contributed by atoms with Crippen molar-refractivity contribution in [2.75, 3.05) is 26.2 Å². The van der Waals surface area contributed by atoms with E-state index < -0.39 is 11.2 Å². The standard InChI is InChI=1S/C27H31N5O4/c33-24-22-11-4-5-12-23(22)32(27(36)29-24)18-19-7-6-8-20(17-19)25(34)30-13-15-31(16-14-30)26(35)28-21-9-2-1-3-10-21/h4-8,11-12,17,21H,1-3,9-10,13-16,18H2,(H,28,35)(H,29,33,36). The zero-order chi connectivity index (χ0) is 25.1. The van der Waals surface area contributed by atoms with Gasteiger partial charge >= 0.3 is 11.7 Å². The summed E-state index contributed by atoms with van der Waals surface area (Å²) in [6.07, 6.45) is 5.66. The van der Waals surface area contributed by atoms with E-state index >= 15 is 0 Å². The molecule has 2 aliphatic rings. The maximum Gasteiger partial charge on any atom is 0.329 e. The Morgan fingerprint density at radius 3 is 2.39 bits per heavy atom. The summed E-state index contributed by atoms with van der Waals surface area (Å²) in [5.41, 5.74) is 0.964. The molecule has 188 valence electrons. The summed E-state index contributed by atoms with van der Waals surface area (Å²) in [5.74, 6) is -0.0946. The molecule has 0 unspecified atom stereocenters. The van der Waals surface area contributed by atoms with Crippen LogP contribution in [-0.2, 0) is 6.54 Å². The van der Waals surface area contributed by atoms with Crippen LogP contribution in [0.2, 0.25) is 0 Å². The molecule has 3 aromatic rings. The largest absolute Gasteiger partial charge is 0.335 e. The van der Waals surface area contributed by atoms with Crippen LogP contribution in [0, 0.1) is 0 Å². The Kier molecular flexibility index (Phi) is 6.88. The molecule has 1 aliphatic heterocycles. The topological polar surface area (TPSA) is 108 Å². The summed E-state index contributed by atoms with van der Waals surface area (Å²) < 4.78 is 1.50. The normalized spacial score (nSPS) is 16.8. The van der Waals surface area contributed by atoms with E-state index in [0.717, 1.165) is 18.4 Å². The Morgan fingerprint density at radius 1 is 0.889 bits per heavy atom. The molecule has 1 aromatic heterocycles. The molecule has 0 spiro atoms. The Morgan fingerprint density at radius 2 is 1.61 bits per heavy atom. The highest BCUT2D eigenvalue weighted by atomic mass is 16.2. The van der Waals surface area contributed by atoms with Crippen LogP contribution < -0.4 is 16.6 Å². The molecule has 3 amide bonds. The first-order chi connectivity index (χ1) is 17.5. The van der Waals surface area contributed by atoms with E-state index in [4.69, 9.17) is 0 Å². The number of nitrogens with zero attached hydrogens (tertiary/aromatic N) is 3. The lowest BCUT2D eigenvalue weighted by atomic mass is 9.96. The first kappa shape index (κ1) is 23.8. The van der Waals surface area contributed by atoms with Crippen LogP contribution in [0.15, 0.2) is 58.1 Å². The molecule has 0 bridgehead atoms. The minimum Gasteiger partial charge on any atom is -0.335 e. The van der Waals surface area contributed by atoms with Crippen molar-refractivity contribution in [1.29, 1.82) is 0 Å². The third-order valence-electron chi connectivity index (χ3n) is 7.21. The number of aromatic amines is 1. The van der Waals surface area contributed by atoms with Gasteiger partial charge in [-0.05, 0) is 42.7 Å². The van der Waals surface area contributed by atoms with E-state index in [2.05, 4.69) is 10.3 Å². The molecule has 1 saturated heterocycles. The van der Waals surface area contributed by atoms with Crippen molar-refractivity contribution < 1.29 is 9.59 Å². The average molecular weight is 490 g/mol. The molecule has 9 heteroatoms. The molecule has 2 aromatic carbocycles. The first-order valence-corrected chi connectivity index (χ1v) is 12.6. The fraction of sp³-hybridized carbons (Fsp3) is 0.407. The third-order valence-corrected chi connectivity index (χ3v) is 7.21. The number of hydrogen-bond acceptors (Lipinski definition) is 4. The number of carbonyl (C=O) groups excluding carboxylic acids is 2. The van der Waals surface area contributed by atoms with Crippen LogP contribution in [-0.4, -0.2) is 63.5 Å². The number of rotatable bonds is 4. The highest BCUT2D eigenvalue weighted by Gasteiger charge is 2.26. The number of nitrogens with one attached hydrogen (secondary N) is 2.